The monoisotopic (exact) mass is 315 g/mol. The van der Waals surface area contributed by atoms with Crippen LogP contribution in [0.3, 0.4) is 0 Å². The van der Waals surface area contributed by atoms with Crippen molar-refractivity contribution >= 4 is 23.4 Å². The van der Waals surface area contributed by atoms with Gasteiger partial charge in [-0.15, -0.1) is 5.10 Å². The Bertz CT molecular complexity index is 643. The summed E-state index contributed by atoms with van der Waals surface area (Å²) in [6.07, 6.45) is 1.54. The van der Waals surface area contributed by atoms with Gasteiger partial charge in [-0.1, -0.05) is 13.8 Å². The zero-order valence-electron chi connectivity index (χ0n) is 13.5. The van der Waals surface area contributed by atoms with Gasteiger partial charge >= 0.3 is 5.97 Å². The molecule has 1 heterocycles. The van der Waals surface area contributed by atoms with E-state index in [-0.39, 0.29) is 5.97 Å². The lowest BCUT2D eigenvalue weighted by Gasteiger charge is -2.09. The van der Waals surface area contributed by atoms with E-state index in [1.165, 1.54) is 0 Å². The van der Waals surface area contributed by atoms with E-state index in [2.05, 4.69) is 39.7 Å². The van der Waals surface area contributed by atoms with Crippen molar-refractivity contribution < 1.29 is 9.53 Å². The van der Waals surface area contributed by atoms with Gasteiger partial charge in [0, 0.05) is 12.2 Å². The second-order valence-electron chi connectivity index (χ2n) is 5.36. The van der Waals surface area contributed by atoms with Crippen molar-refractivity contribution in [2.24, 2.45) is 5.92 Å². The summed E-state index contributed by atoms with van der Waals surface area (Å²) < 4.78 is 4.95. The number of carbonyl (C=O) groups excluding carboxylic acids is 1. The van der Waals surface area contributed by atoms with E-state index < -0.39 is 0 Å². The van der Waals surface area contributed by atoms with E-state index >= 15 is 0 Å². The first-order chi connectivity index (χ1) is 11.1. The lowest BCUT2D eigenvalue weighted by Crippen LogP contribution is -2.11. The summed E-state index contributed by atoms with van der Waals surface area (Å²) in [7, 11) is 0. The van der Waals surface area contributed by atoms with Crippen LogP contribution in [0.15, 0.2) is 30.5 Å². The largest absolute Gasteiger partial charge is 0.462 e. The smallest absolute Gasteiger partial charge is 0.338 e. The number of anilines is 3. The van der Waals surface area contributed by atoms with E-state index in [0.29, 0.717) is 29.9 Å². The fourth-order valence-corrected chi connectivity index (χ4v) is 1.79. The molecule has 0 aliphatic carbocycles. The van der Waals surface area contributed by atoms with Crippen LogP contribution in [0.5, 0.6) is 0 Å². The van der Waals surface area contributed by atoms with Crippen LogP contribution in [0, 0.1) is 5.92 Å². The van der Waals surface area contributed by atoms with Crippen LogP contribution in [0.25, 0.3) is 0 Å². The SMILES string of the molecule is CCOC(=O)c1ccc(Nc2cnnc(NCC(C)C)n2)cc1. The Kier molecular flexibility index (Phi) is 5.85. The van der Waals surface area contributed by atoms with Crippen LogP contribution >= 0.6 is 0 Å². The Morgan fingerprint density at radius 2 is 2.00 bits per heavy atom. The first kappa shape index (κ1) is 16.7. The van der Waals surface area contributed by atoms with Gasteiger partial charge in [-0.25, -0.2) is 4.79 Å². The lowest BCUT2D eigenvalue weighted by atomic mass is 10.2. The summed E-state index contributed by atoms with van der Waals surface area (Å²) in [5, 5.41) is 14.1. The third-order valence-electron chi connectivity index (χ3n) is 2.90. The maximum Gasteiger partial charge on any atom is 0.338 e. The fourth-order valence-electron chi connectivity index (χ4n) is 1.79. The van der Waals surface area contributed by atoms with Crippen molar-refractivity contribution in [2.45, 2.75) is 20.8 Å². The summed E-state index contributed by atoms with van der Waals surface area (Å²) in [6, 6.07) is 6.98. The molecule has 0 bridgehead atoms. The van der Waals surface area contributed by atoms with Crippen LogP contribution in [0.4, 0.5) is 17.5 Å². The number of hydrogen-bond donors (Lipinski definition) is 2. The van der Waals surface area contributed by atoms with Crippen LogP contribution < -0.4 is 10.6 Å². The van der Waals surface area contributed by atoms with Gasteiger partial charge in [-0.2, -0.15) is 10.1 Å². The molecule has 2 rings (SSSR count). The molecule has 23 heavy (non-hydrogen) atoms. The highest BCUT2D eigenvalue weighted by Gasteiger charge is 2.06. The highest BCUT2D eigenvalue weighted by Crippen LogP contribution is 2.16. The minimum Gasteiger partial charge on any atom is -0.462 e. The van der Waals surface area contributed by atoms with Gasteiger partial charge in [0.05, 0.1) is 18.4 Å². The van der Waals surface area contributed by atoms with Gasteiger partial charge in [0.2, 0.25) is 5.95 Å². The summed E-state index contributed by atoms with van der Waals surface area (Å²) in [5.74, 6) is 1.22. The number of nitrogens with zero attached hydrogens (tertiary/aromatic N) is 3. The molecule has 0 aliphatic heterocycles. The van der Waals surface area contributed by atoms with Crippen molar-refractivity contribution in [3.63, 3.8) is 0 Å². The Morgan fingerprint density at radius 1 is 1.26 bits per heavy atom. The number of carbonyl (C=O) groups is 1. The van der Waals surface area contributed by atoms with Gasteiger partial charge in [0.1, 0.15) is 0 Å². The molecule has 1 aromatic carbocycles. The highest BCUT2D eigenvalue weighted by molar-refractivity contribution is 5.89. The van der Waals surface area contributed by atoms with E-state index in [1.807, 2.05) is 0 Å². The molecule has 0 atom stereocenters. The maximum atomic E-state index is 11.6. The number of benzene rings is 1. The van der Waals surface area contributed by atoms with Crippen LogP contribution in [0.1, 0.15) is 31.1 Å². The third kappa shape index (κ3) is 5.21. The van der Waals surface area contributed by atoms with Gasteiger partial charge < -0.3 is 15.4 Å². The second kappa shape index (κ2) is 8.07. The summed E-state index contributed by atoms with van der Waals surface area (Å²) in [6.45, 7) is 7.12. The zero-order chi connectivity index (χ0) is 16.7. The van der Waals surface area contributed by atoms with E-state index in [0.717, 1.165) is 12.2 Å². The Hall–Kier alpha value is -2.70. The molecule has 7 nitrogen and oxygen atoms in total. The molecule has 0 amide bonds. The van der Waals surface area contributed by atoms with E-state index in [1.54, 1.807) is 37.4 Å². The number of rotatable bonds is 7. The molecule has 122 valence electrons. The first-order valence-electron chi connectivity index (χ1n) is 7.56. The summed E-state index contributed by atoms with van der Waals surface area (Å²) in [4.78, 5) is 15.9. The maximum absolute atomic E-state index is 11.6. The lowest BCUT2D eigenvalue weighted by molar-refractivity contribution is 0.0526. The fraction of sp³-hybridized carbons (Fsp3) is 0.375. The molecule has 0 radical (unpaired) electrons. The van der Waals surface area contributed by atoms with Crippen molar-refractivity contribution in [3.05, 3.63) is 36.0 Å². The van der Waals surface area contributed by atoms with Crippen LogP contribution in [-0.2, 0) is 4.74 Å². The van der Waals surface area contributed by atoms with Gasteiger partial charge in [-0.05, 0) is 37.1 Å². The summed E-state index contributed by atoms with van der Waals surface area (Å²) >= 11 is 0. The number of esters is 1. The Morgan fingerprint density at radius 3 is 2.65 bits per heavy atom. The third-order valence-corrected chi connectivity index (χ3v) is 2.90. The number of nitrogens with one attached hydrogen (secondary N) is 2. The molecule has 0 unspecified atom stereocenters. The van der Waals surface area contributed by atoms with Crippen LogP contribution in [-0.4, -0.2) is 34.3 Å². The molecule has 7 heteroatoms. The molecule has 0 fully saturated rings. The molecule has 1 aromatic heterocycles. The Labute approximate surface area is 135 Å². The molecule has 0 saturated carbocycles. The van der Waals surface area contributed by atoms with Crippen molar-refractivity contribution in [1.82, 2.24) is 15.2 Å². The highest BCUT2D eigenvalue weighted by atomic mass is 16.5. The second-order valence-corrected chi connectivity index (χ2v) is 5.36. The summed E-state index contributed by atoms with van der Waals surface area (Å²) in [5.41, 5.74) is 1.31. The topological polar surface area (TPSA) is 89.0 Å². The van der Waals surface area contributed by atoms with Gasteiger partial charge in [-0.3, -0.25) is 0 Å². The first-order valence-corrected chi connectivity index (χ1v) is 7.56. The average molecular weight is 315 g/mol. The normalized spacial score (nSPS) is 10.4. The number of ether oxygens (including phenoxy) is 1. The van der Waals surface area contributed by atoms with Gasteiger partial charge in [0.15, 0.2) is 5.82 Å². The van der Waals surface area contributed by atoms with E-state index in [9.17, 15) is 4.79 Å². The Balaban J connectivity index is 2.01. The predicted molar refractivity (Wildman–Crippen MR) is 88.8 cm³/mol. The van der Waals surface area contributed by atoms with Crippen molar-refractivity contribution in [2.75, 3.05) is 23.8 Å². The molecule has 0 aliphatic rings. The molecule has 0 saturated heterocycles. The quantitative estimate of drug-likeness (QED) is 0.759. The number of hydrogen-bond acceptors (Lipinski definition) is 7. The standard InChI is InChI=1S/C16H21N5O2/c1-4-23-15(22)12-5-7-13(8-6-12)19-14-10-18-21-16(20-14)17-9-11(2)3/h5-8,10-11H,4,9H2,1-3H3,(H2,17,19,20,21). The molecule has 0 spiro atoms. The van der Waals surface area contributed by atoms with Crippen molar-refractivity contribution in [1.29, 1.82) is 0 Å². The average Bonchev–Trinajstić information content (AvgIpc) is 2.54. The zero-order valence-corrected chi connectivity index (χ0v) is 13.5. The number of aromatic nitrogens is 3. The molecular weight excluding hydrogens is 294 g/mol. The minimum absolute atomic E-state index is 0.331. The molecule has 2 aromatic rings. The predicted octanol–water partition coefficient (Wildman–Crippen LogP) is 2.86. The van der Waals surface area contributed by atoms with Crippen molar-refractivity contribution in [3.8, 4) is 0 Å². The van der Waals surface area contributed by atoms with Gasteiger partial charge in [0.25, 0.3) is 0 Å². The van der Waals surface area contributed by atoms with Crippen LogP contribution in [0.2, 0.25) is 0 Å². The van der Waals surface area contributed by atoms with E-state index in [4.69, 9.17) is 4.74 Å². The molecule has 2 N–H and O–H groups in total. The minimum atomic E-state index is -0.331. The molecular formula is C16H21N5O2.